The Morgan fingerprint density at radius 2 is 2.28 bits per heavy atom. The molecule has 2 rings (SSSR count). The van der Waals surface area contributed by atoms with Crippen LogP contribution in [-0.4, -0.2) is 54.3 Å². The molecule has 0 radical (unpaired) electrons. The molecule has 2 N–H and O–H groups in total. The van der Waals surface area contributed by atoms with E-state index in [0.717, 1.165) is 5.90 Å². The van der Waals surface area contributed by atoms with Crippen LogP contribution in [0.25, 0.3) is 0 Å². The minimum absolute atomic E-state index is 0.0286. The maximum absolute atomic E-state index is 11.9. The summed E-state index contributed by atoms with van der Waals surface area (Å²) in [6, 6.07) is 0.0408. The van der Waals surface area contributed by atoms with E-state index in [9.17, 15) is 4.79 Å². The Balaban J connectivity index is 1.89. The third-order valence-electron chi connectivity index (χ3n) is 2.84. The van der Waals surface area contributed by atoms with Crippen molar-refractivity contribution in [3.8, 4) is 0 Å². The van der Waals surface area contributed by atoms with Crippen molar-refractivity contribution < 1.29 is 14.3 Å². The molecule has 2 atom stereocenters. The molecule has 102 valence electrons. The van der Waals surface area contributed by atoms with E-state index in [-0.39, 0.29) is 18.2 Å². The lowest BCUT2D eigenvalue weighted by Gasteiger charge is -2.24. The first-order chi connectivity index (χ1) is 8.39. The molecule has 2 unspecified atom stereocenters. The minimum Gasteiger partial charge on any atom is -0.473 e. The average molecular weight is 255 g/mol. The van der Waals surface area contributed by atoms with E-state index in [4.69, 9.17) is 15.2 Å². The molecule has 0 bridgehead atoms. The zero-order valence-electron chi connectivity index (χ0n) is 11.2. The van der Waals surface area contributed by atoms with Crippen molar-refractivity contribution in [1.82, 2.24) is 4.90 Å². The molecule has 2 heterocycles. The lowest BCUT2D eigenvalue weighted by Crippen LogP contribution is -2.36. The summed E-state index contributed by atoms with van der Waals surface area (Å²) in [6.07, 6.45) is 0.342. The van der Waals surface area contributed by atoms with E-state index in [1.54, 1.807) is 4.90 Å². The predicted molar refractivity (Wildman–Crippen MR) is 67.6 cm³/mol. The number of amides is 1. The van der Waals surface area contributed by atoms with Crippen LogP contribution < -0.4 is 5.73 Å². The molecule has 0 aromatic heterocycles. The van der Waals surface area contributed by atoms with E-state index in [1.165, 1.54) is 0 Å². The van der Waals surface area contributed by atoms with E-state index in [2.05, 4.69) is 4.99 Å². The van der Waals surface area contributed by atoms with Gasteiger partial charge in [-0.05, 0) is 20.8 Å². The van der Waals surface area contributed by atoms with Crippen LogP contribution in [0.1, 0.15) is 27.2 Å². The normalized spacial score (nSPS) is 26.7. The topological polar surface area (TPSA) is 77.2 Å². The Bertz CT molecular complexity index is 362. The van der Waals surface area contributed by atoms with Gasteiger partial charge in [-0.3, -0.25) is 0 Å². The van der Waals surface area contributed by atoms with Crippen LogP contribution in [0.15, 0.2) is 4.99 Å². The zero-order chi connectivity index (χ0) is 13.3. The van der Waals surface area contributed by atoms with Gasteiger partial charge in [-0.2, -0.15) is 0 Å². The second-order valence-electron chi connectivity index (χ2n) is 5.67. The first kappa shape index (κ1) is 13.1. The molecule has 0 aromatic rings. The van der Waals surface area contributed by atoms with Crippen molar-refractivity contribution >= 4 is 12.0 Å². The summed E-state index contributed by atoms with van der Waals surface area (Å²) in [6.45, 7) is 7.21. The Morgan fingerprint density at radius 3 is 2.83 bits per heavy atom. The van der Waals surface area contributed by atoms with Gasteiger partial charge in [-0.1, -0.05) is 0 Å². The molecule has 0 spiro atoms. The van der Waals surface area contributed by atoms with Gasteiger partial charge in [-0.25, -0.2) is 9.79 Å². The monoisotopic (exact) mass is 255 g/mol. The number of hydrogen-bond acceptors (Lipinski definition) is 5. The van der Waals surface area contributed by atoms with Gasteiger partial charge in [0.2, 0.25) is 0 Å². The molecule has 2 aliphatic rings. The van der Waals surface area contributed by atoms with E-state index >= 15 is 0 Å². The number of likely N-dealkylation sites (tertiary alicyclic amines) is 1. The van der Waals surface area contributed by atoms with E-state index in [0.29, 0.717) is 26.1 Å². The molecule has 1 amide bonds. The van der Waals surface area contributed by atoms with E-state index in [1.807, 2.05) is 20.8 Å². The van der Waals surface area contributed by atoms with Crippen LogP contribution in [0, 0.1) is 0 Å². The molecule has 6 heteroatoms. The second-order valence-corrected chi connectivity index (χ2v) is 5.67. The lowest BCUT2D eigenvalue weighted by atomic mass is 10.2. The fraction of sp³-hybridized carbons (Fsp3) is 0.833. The fourth-order valence-electron chi connectivity index (χ4n) is 2.11. The smallest absolute Gasteiger partial charge is 0.410 e. The molecule has 2 aliphatic heterocycles. The molecule has 1 fully saturated rings. The van der Waals surface area contributed by atoms with Gasteiger partial charge < -0.3 is 20.1 Å². The summed E-state index contributed by atoms with van der Waals surface area (Å²) in [4.78, 5) is 18.0. The quantitative estimate of drug-likeness (QED) is 0.790. The minimum atomic E-state index is -0.469. The molecule has 18 heavy (non-hydrogen) atoms. The largest absolute Gasteiger partial charge is 0.473 e. The lowest BCUT2D eigenvalue weighted by molar-refractivity contribution is 0.0271. The highest BCUT2D eigenvalue weighted by Crippen LogP contribution is 2.25. The van der Waals surface area contributed by atoms with Crippen molar-refractivity contribution in [1.29, 1.82) is 0 Å². The number of aliphatic imine (C=N–C) groups is 1. The average Bonchev–Trinajstić information content (AvgIpc) is 2.72. The van der Waals surface area contributed by atoms with Gasteiger partial charge in [0.15, 0.2) is 5.90 Å². The fourth-order valence-corrected chi connectivity index (χ4v) is 2.11. The number of ether oxygens (including phenoxy) is 2. The van der Waals surface area contributed by atoms with Crippen molar-refractivity contribution in [2.24, 2.45) is 10.7 Å². The Hall–Kier alpha value is -1.30. The van der Waals surface area contributed by atoms with Gasteiger partial charge in [-0.15, -0.1) is 0 Å². The predicted octanol–water partition coefficient (Wildman–Crippen LogP) is 0.752. The first-order valence-corrected chi connectivity index (χ1v) is 6.30. The molecule has 0 aromatic carbocycles. The summed E-state index contributed by atoms with van der Waals surface area (Å²) in [5.41, 5.74) is 4.99. The highest BCUT2D eigenvalue weighted by Gasteiger charge is 2.42. The first-order valence-electron chi connectivity index (χ1n) is 6.30. The van der Waals surface area contributed by atoms with Crippen LogP contribution in [0.5, 0.6) is 0 Å². The SMILES string of the molecule is CC(C)(C)OC(=O)N1CC2N=C(CCN)OC2C1. The van der Waals surface area contributed by atoms with Gasteiger partial charge in [0, 0.05) is 13.0 Å². The van der Waals surface area contributed by atoms with Gasteiger partial charge in [0.1, 0.15) is 17.7 Å². The number of hydrogen-bond donors (Lipinski definition) is 1. The molecule has 6 nitrogen and oxygen atoms in total. The highest BCUT2D eigenvalue weighted by molar-refractivity contribution is 5.79. The van der Waals surface area contributed by atoms with Gasteiger partial charge in [0.25, 0.3) is 0 Å². The Kier molecular flexibility index (Phi) is 3.47. The summed E-state index contributed by atoms with van der Waals surface area (Å²) >= 11 is 0. The molecule has 0 aliphatic carbocycles. The Morgan fingerprint density at radius 1 is 1.56 bits per heavy atom. The summed E-state index contributed by atoms with van der Waals surface area (Å²) in [5, 5.41) is 0. The van der Waals surface area contributed by atoms with Crippen LogP contribution >= 0.6 is 0 Å². The van der Waals surface area contributed by atoms with Crippen LogP contribution in [0.4, 0.5) is 4.79 Å². The number of nitrogens with zero attached hydrogens (tertiary/aromatic N) is 2. The number of nitrogens with two attached hydrogens (primary N) is 1. The highest BCUT2D eigenvalue weighted by atomic mass is 16.6. The summed E-state index contributed by atoms with van der Waals surface area (Å²) in [5.74, 6) is 0.719. The van der Waals surface area contributed by atoms with Crippen molar-refractivity contribution in [2.75, 3.05) is 19.6 Å². The summed E-state index contributed by atoms with van der Waals surface area (Å²) < 4.78 is 11.0. The molecular formula is C12H21N3O3. The number of carbonyl (C=O) groups is 1. The number of carbonyl (C=O) groups excluding carboxylic acids is 1. The third kappa shape index (κ3) is 2.93. The van der Waals surface area contributed by atoms with Crippen LogP contribution in [0.3, 0.4) is 0 Å². The number of rotatable bonds is 2. The molecular weight excluding hydrogens is 234 g/mol. The zero-order valence-corrected chi connectivity index (χ0v) is 11.2. The van der Waals surface area contributed by atoms with Gasteiger partial charge >= 0.3 is 6.09 Å². The molecule has 0 saturated carbocycles. The van der Waals surface area contributed by atoms with E-state index < -0.39 is 5.60 Å². The maximum Gasteiger partial charge on any atom is 0.410 e. The Labute approximate surface area is 107 Å². The number of fused-ring (bicyclic) bond motifs is 1. The van der Waals surface area contributed by atoms with Crippen molar-refractivity contribution in [3.63, 3.8) is 0 Å². The summed E-state index contributed by atoms with van der Waals surface area (Å²) in [7, 11) is 0. The van der Waals surface area contributed by atoms with Crippen LogP contribution in [0.2, 0.25) is 0 Å². The van der Waals surface area contributed by atoms with Crippen LogP contribution in [-0.2, 0) is 9.47 Å². The van der Waals surface area contributed by atoms with Crippen molar-refractivity contribution in [3.05, 3.63) is 0 Å². The third-order valence-corrected chi connectivity index (χ3v) is 2.84. The second kappa shape index (κ2) is 4.76. The standard InChI is InChI=1S/C12H21N3O3/c1-12(2,3)18-11(16)15-6-8-9(7-15)17-10(14-8)4-5-13/h8-9H,4-7,13H2,1-3H3. The maximum atomic E-state index is 11.9. The molecule has 1 saturated heterocycles. The van der Waals surface area contributed by atoms with Crippen molar-refractivity contribution in [2.45, 2.75) is 44.9 Å². The van der Waals surface area contributed by atoms with Gasteiger partial charge in [0.05, 0.1) is 13.1 Å².